The third kappa shape index (κ3) is 3.06. The molecule has 0 nitrogen and oxygen atoms in total. The van der Waals surface area contributed by atoms with Gasteiger partial charge in [-0.05, 0) is 11.1 Å². The van der Waals surface area contributed by atoms with Crippen molar-refractivity contribution in [1.82, 2.24) is 0 Å². The standard InChI is InChI=1S/C14H10F5PS/c1-2-21-20(8-6-4-3-5-7-8)14-12(18)10(16)9(15)11(17)13(14)19/h3-7H,2H2,1H3. The number of hydrogen-bond donors (Lipinski definition) is 0. The Balaban J connectivity index is 2.67. The minimum absolute atomic E-state index is 0.486. The largest absolute Gasteiger partial charge is 0.203 e. The van der Waals surface area contributed by atoms with Crippen molar-refractivity contribution < 1.29 is 22.0 Å². The van der Waals surface area contributed by atoms with Crippen LogP contribution in [-0.4, -0.2) is 5.75 Å². The maximum Gasteiger partial charge on any atom is 0.200 e. The fourth-order valence-corrected chi connectivity index (χ4v) is 5.98. The van der Waals surface area contributed by atoms with Crippen LogP contribution in [-0.2, 0) is 0 Å². The Bertz CT molecular complexity index is 619. The second kappa shape index (κ2) is 6.75. The molecule has 0 N–H and O–H groups in total. The van der Waals surface area contributed by atoms with Crippen molar-refractivity contribution in [2.45, 2.75) is 6.92 Å². The number of benzene rings is 2. The highest BCUT2D eigenvalue weighted by molar-refractivity contribution is 8.60. The summed E-state index contributed by atoms with van der Waals surface area (Å²) in [5.41, 5.74) is 0. The summed E-state index contributed by atoms with van der Waals surface area (Å²) >= 11 is 1.16. The summed E-state index contributed by atoms with van der Waals surface area (Å²) in [6.45, 7) is 1.76. The maximum absolute atomic E-state index is 13.9. The fraction of sp³-hybridized carbons (Fsp3) is 0.143. The number of halogens is 5. The van der Waals surface area contributed by atoms with Crippen LogP contribution >= 0.6 is 18.5 Å². The lowest BCUT2D eigenvalue weighted by Crippen LogP contribution is -2.22. The second-order valence-corrected chi connectivity index (χ2v) is 8.22. The van der Waals surface area contributed by atoms with Gasteiger partial charge in [-0.25, -0.2) is 22.0 Å². The van der Waals surface area contributed by atoms with Crippen molar-refractivity contribution in [3.8, 4) is 0 Å². The van der Waals surface area contributed by atoms with E-state index in [1.807, 2.05) is 0 Å². The van der Waals surface area contributed by atoms with E-state index < -0.39 is 41.5 Å². The molecule has 1 unspecified atom stereocenters. The van der Waals surface area contributed by atoms with Crippen LogP contribution in [0.4, 0.5) is 22.0 Å². The molecule has 0 aliphatic carbocycles. The average molecular weight is 336 g/mol. The van der Waals surface area contributed by atoms with E-state index in [2.05, 4.69) is 0 Å². The Labute approximate surface area is 123 Å². The van der Waals surface area contributed by atoms with E-state index >= 15 is 0 Å². The molecule has 0 heterocycles. The Morgan fingerprint density at radius 2 is 1.29 bits per heavy atom. The molecular formula is C14H10F5PS. The minimum atomic E-state index is -2.13. The van der Waals surface area contributed by atoms with Crippen LogP contribution in [0.2, 0.25) is 0 Å². The van der Waals surface area contributed by atoms with Crippen molar-refractivity contribution in [1.29, 1.82) is 0 Å². The van der Waals surface area contributed by atoms with Crippen LogP contribution < -0.4 is 10.6 Å². The molecule has 1 atom stereocenters. The lowest BCUT2D eigenvalue weighted by molar-refractivity contribution is 0.384. The molecule has 112 valence electrons. The molecule has 21 heavy (non-hydrogen) atoms. The van der Waals surface area contributed by atoms with E-state index in [0.717, 1.165) is 11.4 Å². The highest BCUT2D eigenvalue weighted by atomic mass is 32.7. The Hall–Kier alpha value is -1.13. The van der Waals surface area contributed by atoms with Gasteiger partial charge in [-0.15, -0.1) is 11.4 Å². The van der Waals surface area contributed by atoms with E-state index in [4.69, 9.17) is 0 Å². The molecule has 0 aliphatic rings. The quantitative estimate of drug-likeness (QED) is 0.343. The smallest absolute Gasteiger partial charge is 0.200 e. The molecule has 2 aromatic carbocycles. The zero-order chi connectivity index (χ0) is 15.6. The molecule has 0 spiro atoms. The predicted octanol–water partition coefficient (Wildman–Crippen LogP) is 4.48. The molecule has 0 saturated carbocycles. The van der Waals surface area contributed by atoms with Gasteiger partial charge < -0.3 is 0 Å². The van der Waals surface area contributed by atoms with Crippen molar-refractivity contribution in [3.63, 3.8) is 0 Å². The van der Waals surface area contributed by atoms with Gasteiger partial charge in [0.2, 0.25) is 5.82 Å². The van der Waals surface area contributed by atoms with Gasteiger partial charge in [-0.2, -0.15) is 0 Å². The molecular weight excluding hydrogens is 326 g/mol. The van der Waals surface area contributed by atoms with Gasteiger partial charge in [0.25, 0.3) is 0 Å². The third-order valence-electron chi connectivity index (χ3n) is 2.64. The summed E-state index contributed by atoms with van der Waals surface area (Å²) in [6, 6.07) is 8.27. The van der Waals surface area contributed by atoms with Crippen LogP contribution in [0.5, 0.6) is 0 Å². The van der Waals surface area contributed by atoms with Gasteiger partial charge in [0, 0.05) is 7.12 Å². The zero-order valence-corrected chi connectivity index (χ0v) is 12.6. The molecule has 0 bridgehead atoms. The van der Waals surface area contributed by atoms with Crippen LogP contribution in [0.3, 0.4) is 0 Å². The van der Waals surface area contributed by atoms with Crippen LogP contribution in [0.15, 0.2) is 30.3 Å². The number of hydrogen-bond acceptors (Lipinski definition) is 1. The van der Waals surface area contributed by atoms with Crippen molar-refractivity contribution in [3.05, 3.63) is 59.4 Å². The monoisotopic (exact) mass is 336 g/mol. The first-order valence-corrected chi connectivity index (χ1v) is 8.91. The summed E-state index contributed by atoms with van der Waals surface area (Å²) in [7, 11) is -1.72. The molecule has 2 aromatic rings. The molecule has 0 fully saturated rings. The highest BCUT2D eigenvalue weighted by Crippen LogP contribution is 2.49. The minimum Gasteiger partial charge on any atom is -0.203 e. The van der Waals surface area contributed by atoms with Crippen LogP contribution in [0.25, 0.3) is 0 Å². The maximum atomic E-state index is 13.9. The van der Waals surface area contributed by atoms with Crippen molar-refractivity contribution >= 4 is 29.1 Å². The summed E-state index contributed by atoms with van der Waals surface area (Å²) < 4.78 is 67.7. The number of rotatable bonds is 4. The first-order valence-electron chi connectivity index (χ1n) is 5.98. The van der Waals surface area contributed by atoms with Crippen molar-refractivity contribution in [2.24, 2.45) is 0 Å². The SMILES string of the molecule is CCSP(c1ccccc1)c1c(F)c(F)c(F)c(F)c1F. The lowest BCUT2D eigenvalue weighted by Gasteiger charge is -2.19. The molecule has 0 amide bonds. The second-order valence-electron chi connectivity index (χ2n) is 3.97. The average Bonchev–Trinajstić information content (AvgIpc) is 2.51. The topological polar surface area (TPSA) is 0 Å². The lowest BCUT2D eigenvalue weighted by atomic mass is 10.3. The van der Waals surface area contributed by atoms with Crippen molar-refractivity contribution in [2.75, 3.05) is 5.75 Å². The molecule has 7 heteroatoms. The Morgan fingerprint density at radius 3 is 1.76 bits per heavy atom. The van der Waals surface area contributed by atoms with Gasteiger partial charge in [0.05, 0.1) is 5.30 Å². The normalized spacial score (nSPS) is 12.5. The predicted molar refractivity (Wildman–Crippen MR) is 77.0 cm³/mol. The third-order valence-corrected chi connectivity index (χ3v) is 7.45. The molecule has 2 rings (SSSR count). The summed E-state index contributed by atoms with van der Waals surface area (Å²) in [5, 5.41) is -0.193. The fourth-order valence-electron chi connectivity index (χ4n) is 1.73. The van der Waals surface area contributed by atoms with Gasteiger partial charge in [-0.3, -0.25) is 0 Å². The van der Waals surface area contributed by atoms with E-state index in [1.165, 1.54) is 0 Å². The van der Waals surface area contributed by atoms with Gasteiger partial charge in [0.15, 0.2) is 23.3 Å². The summed E-state index contributed by atoms with van der Waals surface area (Å²) in [5.74, 6) is -8.93. The van der Waals surface area contributed by atoms with Gasteiger partial charge >= 0.3 is 0 Å². The van der Waals surface area contributed by atoms with Gasteiger partial charge in [0.1, 0.15) is 0 Å². The first kappa shape index (κ1) is 16.2. The summed E-state index contributed by atoms with van der Waals surface area (Å²) in [6.07, 6.45) is 0. The first-order chi connectivity index (χ1) is 9.99. The molecule has 0 aliphatic heterocycles. The van der Waals surface area contributed by atoms with E-state index in [1.54, 1.807) is 37.3 Å². The van der Waals surface area contributed by atoms with Crippen LogP contribution in [0.1, 0.15) is 6.92 Å². The van der Waals surface area contributed by atoms with Gasteiger partial charge in [-0.1, -0.05) is 37.3 Å². The Morgan fingerprint density at radius 1 is 0.810 bits per heavy atom. The van der Waals surface area contributed by atoms with Crippen LogP contribution in [0, 0.1) is 29.1 Å². The molecule has 0 saturated heterocycles. The highest BCUT2D eigenvalue weighted by Gasteiger charge is 2.31. The van der Waals surface area contributed by atoms with E-state index in [-0.39, 0.29) is 0 Å². The van der Waals surface area contributed by atoms with E-state index in [0.29, 0.717) is 11.1 Å². The zero-order valence-electron chi connectivity index (χ0n) is 10.8. The van der Waals surface area contributed by atoms with E-state index in [9.17, 15) is 22.0 Å². The molecule has 0 radical (unpaired) electrons. The Kier molecular flexibility index (Phi) is 5.22. The summed E-state index contributed by atoms with van der Waals surface area (Å²) in [4.78, 5) is 0. The molecule has 0 aromatic heterocycles.